The summed E-state index contributed by atoms with van der Waals surface area (Å²) in [6.07, 6.45) is 9.85. The minimum Gasteiger partial charge on any atom is -0.381 e. The molecular formula is C30H40N4O3. The lowest BCUT2D eigenvalue weighted by Crippen LogP contribution is -2.54. The largest absolute Gasteiger partial charge is 0.381 e. The van der Waals surface area contributed by atoms with Crippen LogP contribution in [0.4, 0.5) is 22.9 Å². The monoisotopic (exact) mass is 504 g/mol. The molecule has 4 heterocycles. The van der Waals surface area contributed by atoms with E-state index in [0.29, 0.717) is 24.6 Å². The van der Waals surface area contributed by atoms with E-state index in [0.717, 1.165) is 61.4 Å². The molecule has 2 bridgehead atoms. The summed E-state index contributed by atoms with van der Waals surface area (Å²) in [6.45, 7) is 5.73. The molecule has 0 radical (unpaired) electrons. The highest BCUT2D eigenvalue weighted by molar-refractivity contribution is 6.00. The van der Waals surface area contributed by atoms with Crippen molar-refractivity contribution >= 4 is 28.8 Å². The van der Waals surface area contributed by atoms with Crippen molar-refractivity contribution in [1.29, 1.82) is 0 Å². The van der Waals surface area contributed by atoms with Gasteiger partial charge in [-0.05, 0) is 83.1 Å². The molecule has 1 unspecified atom stereocenters. The number of methoxy groups -OCH3 is 1. The van der Waals surface area contributed by atoms with Crippen LogP contribution in [0.1, 0.15) is 64.4 Å². The van der Waals surface area contributed by atoms with Gasteiger partial charge in [0.1, 0.15) is 5.82 Å². The Morgan fingerprint density at radius 1 is 1.11 bits per heavy atom. The summed E-state index contributed by atoms with van der Waals surface area (Å²) >= 11 is 0. The highest BCUT2D eigenvalue weighted by atomic mass is 16.5. The molecule has 2 aliphatic carbocycles. The number of fused-ring (bicyclic) bond motifs is 5. The Kier molecular flexibility index (Phi) is 6.84. The highest BCUT2D eigenvalue weighted by Gasteiger charge is 2.41. The molecule has 2 saturated heterocycles. The van der Waals surface area contributed by atoms with E-state index in [2.05, 4.69) is 53.3 Å². The number of hydrogen-bond donors (Lipinski definition) is 1. The Balaban J connectivity index is 1.29. The molecule has 1 N–H and O–H groups in total. The number of ether oxygens (including phenoxy) is 2. The fourth-order valence-electron chi connectivity index (χ4n) is 7.01. The first kappa shape index (κ1) is 24.7. The Hall–Kier alpha value is -2.64. The Labute approximate surface area is 220 Å². The zero-order chi connectivity index (χ0) is 25.5. The van der Waals surface area contributed by atoms with Crippen molar-refractivity contribution in [1.82, 2.24) is 4.98 Å². The molecule has 1 amide bonds. The molecule has 3 aliphatic heterocycles. The zero-order valence-corrected chi connectivity index (χ0v) is 22.4. The molecule has 5 aliphatic rings. The predicted molar refractivity (Wildman–Crippen MR) is 146 cm³/mol. The molecule has 1 aromatic carbocycles. The third kappa shape index (κ3) is 4.84. The Morgan fingerprint density at radius 2 is 1.95 bits per heavy atom. The van der Waals surface area contributed by atoms with Crippen molar-refractivity contribution in [3.05, 3.63) is 42.1 Å². The first-order valence-electron chi connectivity index (χ1n) is 14.1. The van der Waals surface area contributed by atoms with E-state index in [1.54, 1.807) is 0 Å². The van der Waals surface area contributed by atoms with Gasteiger partial charge in [0.2, 0.25) is 5.91 Å². The smallest absolute Gasteiger partial charge is 0.230 e. The highest BCUT2D eigenvalue weighted by Crippen LogP contribution is 2.43. The number of rotatable bonds is 5. The maximum absolute atomic E-state index is 14.1. The second-order valence-electron chi connectivity index (χ2n) is 11.6. The summed E-state index contributed by atoms with van der Waals surface area (Å²) in [5.74, 6) is 1.65. The number of pyridine rings is 1. The van der Waals surface area contributed by atoms with E-state index in [1.165, 1.54) is 18.5 Å². The van der Waals surface area contributed by atoms with Gasteiger partial charge in [0, 0.05) is 49.0 Å². The molecule has 2 saturated carbocycles. The van der Waals surface area contributed by atoms with Gasteiger partial charge < -0.3 is 24.6 Å². The number of amides is 1. The summed E-state index contributed by atoms with van der Waals surface area (Å²) in [7, 11) is 1.85. The molecule has 2 aromatic rings. The van der Waals surface area contributed by atoms with Crippen LogP contribution < -0.4 is 15.1 Å². The summed E-state index contributed by atoms with van der Waals surface area (Å²) in [5, 5.41) is 3.54. The number of benzene rings is 1. The number of carbonyl (C=O) groups is 1. The SMILES string of the molecule is COC1C[C@H]2CC[C@@H]1CN2c1ccc2c(c1)N(C(=O)C1CCC(OC(C)C)CC1)Cc1cccnc1N2. The molecule has 3 atom stereocenters. The van der Waals surface area contributed by atoms with Gasteiger partial charge in [-0.1, -0.05) is 6.07 Å². The third-order valence-corrected chi connectivity index (χ3v) is 8.91. The molecule has 4 fully saturated rings. The average Bonchev–Trinajstić information content (AvgIpc) is 3.09. The number of piperidine rings is 2. The molecule has 1 aromatic heterocycles. The van der Waals surface area contributed by atoms with Gasteiger partial charge in [0.25, 0.3) is 0 Å². The predicted octanol–water partition coefficient (Wildman–Crippen LogP) is 5.66. The first-order chi connectivity index (χ1) is 18.0. The van der Waals surface area contributed by atoms with Gasteiger partial charge in [-0.15, -0.1) is 0 Å². The molecule has 7 rings (SSSR count). The van der Waals surface area contributed by atoms with Gasteiger partial charge in [-0.2, -0.15) is 0 Å². The van der Waals surface area contributed by atoms with E-state index < -0.39 is 0 Å². The van der Waals surface area contributed by atoms with E-state index in [9.17, 15) is 4.79 Å². The zero-order valence-electron chi connectivity index (χ0n) is 22.4. The van der Waals surface area contributed by atoms with Crippen molar-refractivity contribution in [2.24, 2.45) is 11.8 Å². The van der Waals surface area contributed by atoms with E-state index >= 15 is 0 Å². The Bertz CT molecular complexity index is 1130. The second kappa shape index (κ2) is 10.3. The molecule has 0 spiro atoms. The number of carbonyl (C=O) groups excluding carboxylic acids is 1. The number of hydrogen-bond acceptors (Lipinski definition) is 6. The molecule has 7 nitrogen and oxygen atoms in total. The van der Waals surface area contributed by atoms with Gasteiger partial charge in [0.15, 0.2) is 0 Å². The number of aromatic nitrogens is 1. The van der Waals surface area contributed by atoms with Crippen LogP contribution in [0.3, 0.4) is 0 Å². The van der Waals surface area contributed by atoms with Gasteiger partial charge in [-0.25, -0.2) is 4.98 Å². The summed E-state index contributed by atoms with van der Waals surface area (Å²) in [6, 6.07) is 11.1. The van der Waals surface area contributed by atoms with E-state index in [-0.39, 0.29) is 24.0 Å². The standard InChI is InChI=1S/C30H40N4O3/c1-19(2)37-25-11-7-20(8-12-25)30(35)34-18-22-5-4-14-31-29(22)32-26-13-10-23(15-27(26)34)33-17-21-6-9-24(33)16-28(21)36-3/h4-5,10,13-15,19-21,24-25,28H,6-9,11-12,16-18H2,1-3H3,(H,31,32)/t20?,21-,24-,25?,28?/m1/s1. The van der Waals surface area contributed by atoms with Crippen LogP contribution in [0.15, 0.2) is 36.5 Å². The van der Waals surface area contributed by atoms with Crippen molar-refractivity contribution in [3.63, 3.8) is 0 Å². The fraction of sp³-hybridized carbons (Fsp3) is 0.600. The number of nitrogens with one attached hydrogen (secondary N) is 1. The van der Waals surface area contributed by atoms with Crippen molar-refractivity contribution in [2.75, 3.05) is 28.8 Å². The van der Waals surface area contributed by atoms with Crippen LogP contribution in [0.2, 0.25) is 0 Å². The van der Waals surface area contributed by atoms with E-state index in [4.69, 9.17) is 9.47 Å². The van der Waals surface area contributed by atoms with Crippen LogP contribution in [-0.4, -0.2) is 48.9 Å². The molecule has 7 heteroatoms. The van der Waals surface area contributed by atoms with Gasteiger partial charge in [0.05, 0.1) is 36.2 Å². The van der Waals surface area contributed by atoms with Gasteiger partial charge >= 0.3 is 0 Å². The van der Waals surface area contributed by atoms with Crippen molar-refractivity contribution < 1.29 is 14.3 Å². The molecular weight excluding hydrogens is 464 g/mol. The lowest BCUT2D eigenvalue weighted by molar-refractivity contribution is -0.124. The van der Waals surface area contributed by atoms with Crippen LogP contribution in [-0.2, 0) is 20.8 Å². The van der Waals surface area contributed by atoms with Crippen molar-refractivity contribution in [2.45, 2.75) is 89.7 Å². The topological polar surface area (TPSA) is 66.9 Å². The fourth-order valence-corrected chi connectivity index (χ4v) is 7.01. The number of nitrogens with zero attached hydrogens (tertiary/aromatic N) is 3. The van der Waals surface area contributed by atoms with Crippen molar-refractivity contribution in [3.8, 4) is 0 Å². The number of anilines is 4. The van der Waals surface area contributed by atoms with E-state index in [1.807, 2.05) is 24.3 Å². The summed E-state index contributed by atoms with van der Waals surface area (Å²) in [4.78, 5) is 23.3. The van der Waals surface area contributed by atoms with Gasteiger partial charge in [-0.3, -0.25) is 4.79 Å². The second-order valence-corrected chi connectivity index (χ2v) is 11.6. The molecule has 37 heavy (non-hydrogen) atoms. The van der Waals surface area contributed by atoms with Crippen LogP contribution in [0, 0.1) is 11.8 Å². The maximum atomic E-state index is 14.1. The Morgan fingerprint density at radius 3 is 2.68 bits per heavy atom. The van der Waals surface area contributed by atoms with Crippen LogP contribution in [0.5, 0.6) is 0 Å². The van der Waals surface area contributed by atoms with Crippen LogP contribution in [0.25, 0.3) is 0 Å². The summed E-state index contributed by atoms with van der Waals surface area (Å²) in [5.41, 5.74) is 4.16. The lowest BCUT2D eigenvalue weighted by atomic mass is 9.77. The first-order valence-corrected chi connectivity index (χ1v) is 14.1. The average molecular weight is 505 g/mol. The summed E-state index contributed by atoms with van der Waals surface area (Å²) < 4.78 is 11.8. The minimum atomic E-state index is 0.0233. The maximum Gasteiger partial charge on any atom is 0.230 e. The quantitative estimate of drug-likeness (QED) is 0.567. The minimum absolute atomic E-state index is 0.0233. The lowest BCUT2D eigenvalue weighted by Gasteiger charge is -2.50. The normalized spacial score (nSPS) is 28.9. The molecule has 198 valence electrons. The third-order valence-electron chi connectivity index (χ3n) is 8.91. The van der Waals surface area contributed by atoms with Crippen LogP contribution >= 0.6 is 0 Å².